The summed E-state index contributed by atoms with van der Waals surface area (Å²) in [4.78, 5) is 16.1. The lowest BCUT2D eigenvalue weighted by Crippen LogP contribution is -2.23. The Bertz CT molecular complexity index is 1070. The van der Waals surface area contributed by atoms with Crippen LogP contribution in [0.2, 0.25) is 5.02 Å². The highest BCUT2D eigenvalue weighted by molar-refractivity contribution is 6.34. The third-order valence-corrected chi connectivity index (χ3v) is 4.43. The summed E-state index contributed by atoms with van der Waals surface area (Å²) >= 11 is 6.14. The summed E-state index contributed by atoms with van der Waals surface area (Å²) < 4.78 is 51.7. The topological polar surface area (TPSA) is 65.4 Å². The maximum absolute atomic E-state index is 13.4. The minimum Gasteiger partial charge on any atom is -0.486 e. The number of carbonyl (C=O) groups excluding carboxylic acids is 1. The van der Waals surface area contributed by atoms with Crippen LogP contribution in [0.1, 0.15) is 5.82 Å². The van der Waals surface area contributed by atoms with E-state index in [1.54, 1.807) is 12.1 Å². The van der Waals surface area contributed by atoms with E-state index in [1.165, 1.54) is 24.3 Å². The summed E-state index contributed by atoms with van der Waals surface area (Å²) in [6, 6.07) is 9.05. The number of para-hydroxylation sites is 2. The first-order valence-corrected chi connectivity index (χ1v) is 8.62. The molecule has 0 radical (unpaired) electrons. The molecule has 0 unspecified atom stereocenters. The SMILES string of the molecule is O=C(Cn1c(C(F)(F)F)nc2ccccc21)Nc1cc2c(cc1Cl)OCCO2. The third-order valence-electron chi connectivity index (χ3n) is 4.12. The Kier molecular flexibility index (Phi) is 4.54. The van der Waals surface area contributed by atoms with Crippen LogP contribution in [0, 0.1) is 0 Å². The second-order valence-corrected chi connectivity index (χ2v) is 6.44. The van der Waals surface area contributed by atoms with Gasteiger partial charge in [-0.1, -0.05) is 23.7 Å². The molecule has 4 rings (SSSR count). The molecule has 0 atom stereocenters. The zero-order valence-corrected chi connectivity index (χ0v) is 15.0. The van der Waals surface area contributed by atoms with Crippen molar-refractivity contribution in [2.24, 2.45) is 0 Å². The number of carbonyl (C=O) groups is 1. The summed E-state index contributed by atoms with van der Waals surface area (Å²) in [6.45, 7) is 0.140. The van der Waals surface area contributed by atoms with Crippen LogP contribution in [0.4, 0.5) is 18.9 Å². The lowest BCUT2D eigenvalue weighted by molar-refractivity contribution is -0.147. The highest BCUT2D eigenvalue weighted by atomic mass is 35.5. The largest absolute Gasteiger partial charge is 0.486 e. The molecule has 1 N–H and O–H groups in total. The Hall–Kier alpha value is -2.94. The minimum atomic E-state index is -4.70. The van der Waals surface area contributed by atoms with E-state index in [2.05, 4.69) is 10.3 Å². The van der Waals surface area contributed by atoms with Gasteiger partial charge in [0.25, 0.3) is 0 Å². The van der Waals surface area contributed by atoms with Gasteiger partial charge in [-0.05, 0) is 12.1 Å². The zero-order chi connectivity index (χ0) is 19.9. The summed E-state index contributed by atoms with van der Waals surface area (Å²) in [5.41, 5.74) is 0.576. The quantitative estimate of drug-likeness (QED) is 0.704. The van der Waals surface area contributed by atoms with Crippen molar-refractivity contribution in [1.29, 1.82) is 0 Å². The Morgan fingerprint density at radius 3 is 2.57 bits per heavy atom. The van der Waals surface area contributed by atoms with Gasteiger partial charge in [-0.3, -0.25) is 4.79 Å². The second kappa shape index (κ2) is 6.90. The second-order valence-electron chi connectivity index (χ2n) is 6.03. The van der Waals surface area contributed by atoms with E-state index in [-0.39, 0.29) is 21.7 Å². The van der Waals surface area contributed by atoms with Crippen LogP contribution in [0.3, 0.4) is 0 Å². The Morgan fingerprint density at radius 2 is 1.86 bits per heavy atom. The van der Waals surface area contributed by atoms with Crippen molar-refractivity contribution in [3.05, 3.63) is 47.2 Å². The van der Waals surface area contributed by atoms with E-state index >= 15 is 0 Å². The number of benzene rings is 2. The van der Waals surface area contributed by atoms with Crippen molar-refractivity contribution in [2.45, 2.75) is 12.7 Å². The maximum Gasteiger partial charge on any atom is 0.449 e. The summed E-state index contributed by atoms with van der Waals surface area (Å²) in [5.74, 6) is -0.992. The zero-order valence-electron chi connectivity index (χ0n) is 14.2. The summed E-state index contributed by atoms with van der Waals surface area (Å²) in [7, 11) is 0. The predicted molar refractivity (Wildman–Crippen MR) is 95.8 cm³/mol. The van der Waals surface area contributed by atoms with Gasteiger partial charge in [-0.15, -0.1) is 0 Å². The van der Waals surface area contributed by atoms with Crippen LogP contribution >= 0.6 is 11.6 Å². The van der Waals surface area contributed by atoms with E-state index in [0.717, 1.165) is 4.57 Å². The average Bonchev–Trinajstić information content (AvgIpc) is 3.01. The molecule has 28 heavy (non-hydrogen) atoms. The Morgan fingerprint density at radius 1 is 1.18 bits per heavy atom. The van der Waals surface area contributed by atoms with Crippen molar-refractivity contribution < 1.29 is 27.4 Å². The Labute approximate surface area is 161 Å². The van der Waals surface area contributed by atoms with Crippen LogP contribution < -0.4 is 14.8 Å². The molecule has 0 saturated heterocycles. The number of nitrogens with one attached hydrogen (secondary N) is 1. The monoisotopic (exact) mass is 411 g/mol. The first kappa shape index (κ1) is 18.4. The predicted octanol–water partition coefficient (Wildman–Crippen LogP) is 4.12. The van der Waals surface area contributed by atoms with Crippen molar-refractivity contribution in [3.63, 3.8) is 0 Å². The van der Waals surface area contributed by atoms with Gasteiger partial charge in [-0.2, -0.15) is 13.2 Å². The number of nitrogens with zero attached hydrogens (tertiary/aromatic N) is 2. The third kappa shape index (κ3) is 3.45. The first-order valence-electron chi connectivity index (χ1n) is 8.24. The molecule has 0 saturated carbocycles. The fraction of sp³-hybridized carbons (Fsp3) is 0.222. The standard InChI is InChI=1S/C18H13ClF3N3O3/c19-10-7-14-15(28-6-5-27-14)8-12(10)23-16(26)9-25-13-4-2-1-3-11(13)24-17(25)18(20,21)22/h1-4,7-8H,5-6,9H2,(H,23,26). The highest BCUT2D eigenvalue weighted by Gasteiger charge is 2.38. The normalized spacial score (nSPS) is 13.6. The van der Waals surface area contributed by atoms with Crippen LogP contribution in [0.15, 0.2) is 36.4 Å². The number of alkyl halides is 3. The molecule has 1 aromatic heterocycles. The number of fused-ring (bicyclic) bond motifs is 2. The molecule has 1 aliphatic rings. The number of imidazole rings is 1. The van der Waals surface area contributed by atoms with Crippen LogP contribution in [0.25, 0.3) is 11.0 Å². The molecule has 1 amide bonds. The molecule has 6 nitrogen and oxygen atoms in total. The molecule has 0 aliphatic carbocycles. The lowest BCUT2D eigenvalue weighted by atomic mass is 10.2. The van der Waals surface area contributed by atoms with E-state index in [4.69, 9.17) is 21.1 Å². The number of hydrogen-bond donors (Lipinski definition) is 1. The fourth-order valence-electron chi connectivity index (χ4n) is 2.95. The van der Waals surface area contributed by atoms with Gasteiger partial charge in [0.05, 0.1) is 21.7 Å². The number of hydrogen-bond acceptors (Lipinski definition) is 4. The van der Waals surface area contributed by atoms with E-state index in [0.29, 0.717) is 24.7 Å². The van der Waals surface area contributed by atoms with Gasteiger partial charge in [0.2, 0.25) is 11.7 Å². The van der Waals surface area contributed by atoms with Gasteiger partial charge in [0.15, 0.2) is 11.5 Å². The van der Waals surface area contributed by atoms with Crippen LogP contribution in [0.5, 0.6) is 11.5 Å². The van der Waals surface area contributed by atoms with Crippen LogP contribution in [-0.2, 0) is 17.5 Å². The Balaban J connectivity index is 1.63. The number of ether oxygens (including phenoxy) is 2. The van der Waals surface area contributed by atoms with Crippen molar-refractivity contribution in [3.8, 4) is 11.5 Å². The number of amides is 1. The van der Waals surface area contributed by atoms with Gasteiger partial charge in [-0.25, -0.2) is 4.98 Å². The molecule has 2 aromatic carbocycles. The molecular formula is C18H13ClF3N3O3. The summed E-state index contributed by atoms with van der Waals surface area (Å²) in [6.07, 6.45) is -4.70. The van der Waals surface area contributed by atoms with Crippen LogP contribution in [-0.4, -0.2) is 28.7 Å². The van der Waals surface area contributed by atoms with Gasteiger partial charge in [0.1, 0.15) is 19.8 Å². The molecule has 0 bridgehead atoms. The molecule has 2 heterocycles. The van der Waals surface area contributed by atoms with E-state index < -0.39 is 24.5 Å². The van der Waals surface area contributed by atoms with Crippen molar-refractivity contribution in [2.75, 3.05) is 18.5 Å². The highest BCUT2D eigenvalue weighted by Crippen LogP contribution is 2.38. The molecule has 10 heteroatoms. The summed E-state index contributed by atoms with van der Waals surface area (Å²) in [5, 5.41) is 2.70. The number of rotatable bonds is 3. The lowest BCUT2D eigenvalue weighted by Gasteiger charge is -2.20. The fourth-order valence-corrected chi connectivity index (χ4v) is 3.15. The molecule has 1 aliphatic heterocycles. The van der Waals surface area contributed by atoms with Crippen molar-refractivity contribution >= 4 is 34.2 Å². The number of aromatic nitrogens is 2. The van der Waals surface area contributed by atoms with Gasteiger partial charge < -0.3 is 19.4 Å². The van der Waals surface area contributed by atoms with E-state index in [1.807, 2.05) is 0 Å². The van der Waals surface area contributed by atoms with Gasteiger partial charge >= 0.3 is 6.18 Å². The molecular weight excluding hydrogens is 399 g/mol. The first-order chi connectivity index (χ1) is 13.3. The smallest absolute Gasteiger partial charge is 0.449 e. The number of anilines is 1. The number of halogens is 4. The molecule has 0 spiro atoms. The molecule has 3 aromatic rings. The van der Waals surface area contributed by atoms with E-state index in [9.17, 15) is 18.0 Å². The maximum atomic E-state index is 13.4. The molecule has 0 fully saturated rings. The minimum absolute atomic E-state index is 0.153. The van der Waals surface area contributed by atoms with Crippen molar-refractivity contribution in [1.82, 2.24) is 9.55 Å². The molecule has 146 valence electrons. The van der Waals surface area contributed by atoms with Gasteiger partial charge in [0, 0.05) is 12.1 Å². The average molecular weight is 412 g/mol.